The predicted octanol–water partition coefficient (Wildman–Crippen LogP) is 3.94. The molecule has 2 rings (SSSR count). The van der Waals surface area contributed by atoms with Crippen molar-refractivity contribution in [1.82, 2.24) is 4.90 Å². The molecule has 134 valence electrons. The van der Waals surface area contributed by atoms with E-state index in [1.165, 1.54) is 19.4 Å². The molecule has 1 heterocycles. The highest BCUT2D eigenvalue weighted by Crippen LogP contribution is 2.30. The third-order valence-corrected chi connectivity index (χ3v) is 5.17. The summed E-state index contributed by atoms with van der Waals surface area (Å²) in [5, 5.41) is 0.475. The van der Waals surface area contributed by atoms with Crippen molar-refractivity contribution in [3.63, 3.8) is 0 Å². The first-order valence-corrected chi connectivity index (χ1v) is 9.27. The molecule has 4 nitrogen and oxygen atoms in total. The fourth-order valence-corrected chi connectivity index (χ4v) is 3.53. The van der Waals surface area contributed by atoms with Crippen LogP contribution in [0.3, 0.4) is 0 Å². The molecular formula is C19H29ClN2O2. The first-order chi connectivity index (χ1) is 11.5. The van der Waals surface area contributed by atoms with E-state index in [1.54, 1.807) is 19.2 Å². The third kappa shape index (κ3) is 5.38. The molecule has 0 saturated carbocycles. The number of carbonyl (C=O) groups excluding carboxylic acids is 1. The lowest BCUT2D eigenvalue weighted by atomic mass is 9.90. The molecule has 1 aliphatic rings. The summed E-state index contributed by atoms with van der Waals surface area (Å²) < 4.78 is 5.33. The normalized spacial score (nSPS) is 16.3. The monoisotopic (exact) mass is 352 g/mol. The number of hydrogen-bond acceptors (Lipinski definition) is 4. The summed E-state index contributed by atoms with van der Waals surface area (Å²) in [6, 6.07) is 3.44. The standard InChI is InChI=1S/C19H29ClN2O2/c1-3-4-7-22-8-5-14(6-9-22)10-16(23)11-15-12-17(20)18(21)13-19(15)24-2/h12-14H,3-11,21H2,1-2H3. The number of methoxy groups -OCH3 is 1. The van der Waals surface area contributed by atoms with Gasteiger partial charge in [-0.2, -0.15) is 0 Å². The number of carbonyl (C=O) groups is 1. The van der Waals surface area contributed by atoms with Crippen LogP contribution in [0.4, 0.5) is 5.69 Å². The Morgan fingerprint density at radius 1 is 1.38 bits per heavy atom. The van der Waals surface area contributed by atoms with E-state index in [2.05, 4.69) is 11.8 Å². The zero-order valence-corrected chi connectivity index (χ0v) is 15.6. The number of ether oxygens (including phenoxy) is 1. The van der Waals surface area contributed by atoms with Gasteiger partial charge in [-0.1, -0.05) is 24.9 Å². The Bertz CT molecular complexity index is 555. The number of benzene rings is 1. The number of likely N-dealkylation sites (tertiary alicyclic amines) is 1. The van der Waals surface area contributed by atoms with Crippen LogP contribution in [0, 0.1) is 5.92 Å². The third-order valence-electron chi connectivity index (χ3n) is 4.84. The van der Waals surface area contributed by atoms with Crippen LogP contribution in [0.15, 0.2) is 12.1 Å². The molecule has 1 saturated heterocycles. The molecule has 1 fully saturated rings. The number of hydrogen-bond donors (Lipinski definition) is 1. The Kier molecular flexibility index (Phi) is 7.38. The van der Waals surface area contributed by atoms with Crippen molar-refractivity contribution < 1.29 is 9.53 Å². The number of piperidine rings is 1. The van der Waals surface area contributed by atoms with Crippen molar-refractivity contribution in [2.24, 2.45) is 5.92 Å². The van der Waals surface area contributed by atoms with E-state index in [0.717, 1.165) is 31.5 Å². The zero-order chi connectivity index (χ0) is 17.5. The molecule has 0 radical (unpaired) electrons. The van der Waals surface area contributed by atoms with Gasteiger partial charge in [-0.05, 0) is 50.9 Å². The predicted molar refractivity (Wildman–Crippen MR) is 99.8 cm³/mol. The minimum Gasteiger partial charge on any atom is -0.496 e. The molecule has 24 heavy (non-hydrogen) atoms. The SMILES string of the molecule is CCCCN1CCC(CC(=O)Cc2cc(Cl)c(N)cc2OC)CC1. The first kappa shape index (κ1) is 19.1. The number of ketones is 1. The zero-order valence-electron chi connectivity index (χ0n) is 14.8. The first-order valence-electron chi connectivity index (χ1n) is 8.89. The lowest BCUT2D eigenvalue weighted by molar-refractivity contribution is -0.119. The van der Waals surface area contributed by atoms with Gasteiger partial charge in [0.1, 0.15) is 11.5 Å². The molecular weight excluding hydrogens is 324 g/mol. The van der Waals surface area contributed by atoms with Crippen LogP contribution in [0.2, 0.25) is 5.02 Å². The maximum atomic E-state index is 12.5. The van der Waals surface area contributed by atoms with Crippen LogP contribution in [0.5, 0.6) is 5.75 Å². The van der Waals surface area contributed by atoms with Gasteiger partial charge in [-0.15, -0.1) is 0 Å². The fourth-order valence-electron chi connectivity index (χ4n) is 3.34. The summed E-state index contributed by atoms with van der Waals surface area (Å²) in [6.45, 7) is 5.66. The van der Waals surface area contributed by atoms with Crippen molar-refractivity contribution in [3.05, 3.63) is 22.7 Å². The summed E-state index contributed by atoms with van der Waals surface area (Å²) in [7, 11) is 1.59. The van der Waals surface area contributed by atoms with Crippen LogP contribution < -0.4 is 10.5 Å². The van der Waals surface area contributed by atoms with Crippen LogP contribution in [-0.2, 0) is 11.2 Å². The molecule has 1 aliphatic heterocycles. The quantitative estimate of drug-likeness (QED) is 0.720. The van der Waals surface area contributed by atoms with Gasteiger partial charge >= 0.3 is 0 Å². The van der Waals surface area contributed by atoms with Crippen LogP contribution in [-0.4, -0.2) is 37.4 Å². The van der Waals surface area contributed by atoms with E-state index in [1.807, 2.05) is 0 Å². The van der Waals surface area contributed by atoms with Gasteiger partial charge in [-0.25, -0.2) is 0 Å². The highest BCUT2D eigenvalue weighted by atomic mass is 35.5. The maximum Gasteiger partial charge on any atom is 0.137 e. The van der Waals surface area contributed by atoms with Gasteiger partial charge in [0.25, 0.3) is 0 Å². The molecule has 0 atom stereocenters. The van der Waals surface area contributed by atoms with Gasteiger partial charge < -0.3 is 15.4 Å². The lowest BCUT2D eigenvalue weighted by Gasteiger charge is -2.31. The Balaban J connectivity index is 1.85. The summed E-state index contributed by atoms with van der Waals surface area (Å²) in [6.07, 6.45) is 5.75. The Morgan fingerprint density at radius 3 is 2.71 bits per heavy atom. The Labute approximate surface area is 150 Å². The number of unbranched alkanes of at least 4 members (excludes halogenated alkanes) is 1. The molecule has 0 aromatic heterocycles. The molecule has 2 N–H and O–H groups in total. The van der Waals surface area contributed by atoms with Gasteiger partial charge in [0.15, 0.2) is 0 Å². The Hall–Kier alpha value is -1.26. The molecule has 0 unspecified atom stereocenters. The molecule has 5 heteroatoms. The number of nitrogens with zero attached hydrogens (tertiary/aromatic N) is 1. The van der Waals surface area contributed by atoms with Crippen LogP contribution in [0.25, 0.3) is 0 Å². The fraction of sp³-hybridized carbons (Fsp3) is 0.632. The largest absolute Gasteiger partial charge is 0.496 e. The van der Waals surface area contributed by atoms with Gasteiger partial charge in [0.05, 0.1) is 17.8 Å². The van der Waals surface area contributed by atoms with E-state index in [0.29, 0.717) is 35.2 Å². The Morgan fingerprint density at radius 2 is 2.08 bits per heavy atom. The van der Waals surface area contributed by atoms with Crippen LogP contribution in [0.1, 0.15) is 44.6 Å². The second-order valence-electron chi connectivity index (χ2n) is 6.74. The van der Waals surface area contributed by atoms with Gasteiger partial charge in [0.2, 0.25) is 0 Å². The summed E-state index contributed by atoms with van der Waals surface area (Å²) >= 11 is 6.08. The van der Waals surface area contributed by atoms with E-state index in [9.17, 15) is 4.79 Å². The molecule has 0 aliphatic carbocycles. The summed E-state index contributed by atoms with van der Waals surface area (Å²) in [4.78, 5) is 15.0. The van der Waals surface area contributed by atoms with Crippen molar-refractivity contribution in [3.8, 4) is 5.75 Å². The van der Waals surface area contributed by atoms with Crippen molar-refractivity contribution in [2.75, 3.05) is 32.5 Å². The molecule has 1 aromatic rings. The van der Waals surface area contributed by atoms with Gasteiger partial charge in [0, 0.05) is 24.5 Å². The molecule has 1 aromatic carbocycles. The number of nitrogens with two attached hydrogens (primary N) is 1. The lowest BCUT2D eigenvalue weighted by Crippen LogP contribution is -2.35. The van der Waals surface area contributed by atoms with Gasteiger partial charge in [-0.3, -0.25) is 4.79 Å². The molecule has 0 spiro atoms. The second-order valence-corrected chi connectivity index (χ2v) is 7.15. The maximum absolute atomic E-state index is 12.5. The number of rotatable bonds is 8. The topological polar surface area (TPSA) is 55.6 Å². The smallest absolute Gasteiger partial charge is 0.137 e. The van der Waals surface area contributed by atoms with Crippen molar-refractivity contribution in [2.45, 2.75) is 45.4 Å². The van der Waals surface area contributed by atoms with E-state index < -0.39 is 0 Å². The number of Topliss-reactive ketones (excluding diaryl/α,β-unsaturated/α-hetero) is 1. The highest BCUT2D eigenvalue weighted by molar-refractivity contribution is 6.33. The van der Waals surface area contributed by atoms with Crippen LogP contribution >= 0.6 is 11.6 Å². The average molecular weight is 353 g/mol. The summed E-state index contributed by atoms with van der Waals surface area (Å²) in [5.74, 6) is 1.39. The minimum absolute atomic E-state index is 0.251. The average Bonchev–Trinajstić information content (AvgIpc) is 2.57. The highest BCUT2D eigenvalue weighted by Gasteiger charge is 2.22. The van der Waals surface area contributed by atoms with Crippen molar-refractivity contribution >= 4 is 23.1 Å². The summed E-state index contributed by atoms with van der Waals surface area (Å²) in [5.41, 5.74) is 7.09. The number of nitrogen functional groups attached to an aromatic ring is 1. The minimum atomic E-state index is 0.251. The molecule has 0 amide bonds. The van der Waals surface area contributed by atoms with E-state index >= 15 is 0 Å². The van der Waals surface area contributed by atoms with Crippen molar-refractivity contribution in [1.29, 1.82) is 0 Å². The second kappa shape index (κ2) is 9.28. The van der Waals surface area contributed by atoms with E-state index in [-0.39, 0.29) is 5.78 Å². The number of halogens is 1. The number of anilines is 1. The molecule has 0 bridgehead atoms. The van der Waals surface area contributed by atoms with E-state index in [4.69, 9.17) is 22.1 Å².